The first kappa shape index (κ1) is 18.7. The van der Waals surface area contributed by atoms with Crippen molar-refractivity contribution in [3.63, 3.8) is 0 Å². The summed E-state index contributed by atoms with van der Waals surface area (Å²) in [5, 5.41) is 4.29. The molecule has 1 unspecified atom stereocenters. The van der Waals surface area contributed by atoms with Gasteiger partial charge >= 0.3 is 0 Å². The van der Waals surface area contributed by atoms with Crippen molar-refractivity contribution in [2.45, 2.75) is 31.8 Å². The summed E-state index contributed by atoms with van der Waals surface area (Å²) in [4.78, 5) is 15.6. The van der Waals surface area contributed by atoms with Crippen molar-refractivity contribution < 1.29 is 14.3 Å². The SMILES string of the molecule is O=C(c1ccccc1Cn1cccn1)N1CCCC1c1ccc2c(c1)OCCCO2. The maximum absolute atomic E-state index is 13.6. The fraction of sp³-hybridized carbons (Fsp3) is 0.333. The van der Waals surface area contributed by atoms with Crippen LogP contribution in [0.5, 0.6) is 11.5 Å². The van der Waals surface area contributed by atoms with Gasteiger partial charge in [0.2, 0.25) is 0 Å². The Hall–Kier alpha value is -3.28. The molecule has 1 aromatic heterocycles. The van der Waals surface area contributed by atoms with Crippen LogP contribution < -0.4 is 9.47 Å². The second kappa shape index (κ2) is 8.22. The third kappa shape index (κ3) is 3.65. The number of carbonyl (C=O) groups is 1. The Morgan fingerprint density at radius 3 is 2.77 bits per heavy atom. The van der Waals surface area contributed by atoms with Gasteiger partial charge in [-0.2, -0.15) is 5.10 Å². The summed E-state index contributed by atoms with van der Waals surface area (Å²) < 4.78 is 13.5. The van der Waals surface area contributed by atoms with Crippen molar-refractivity contribution >= 4 is 5.91 Å². The van der Waals surface area contributed by atoms with Gasteiger partial charge in [0, 0.05) is 30.9 Å². The standard InChI is InChI=1S/C24H25N3O3/c28-24(20-7-2-1-6-19(20)17-26-12-4-11-25-26)27-13-3-8-21(27)18-9-10-22-23(16-18)30-15-5-14-29-22/h1-2,4,6-7,9-12,16,21H,3,5,8,13-15,17H2. The van der Waals surface area contributed by atoms with Gasteiger partial charge in [0.05, 0.1) is 25.8 Å². The minimum atomic E-state index is 0.0485. The number of hydrogen-bond donors (Lipinski definition) is 0. The van der Waals surface area contributed by atoms with Crippen LogP contribution in [0.25, 0.3) is 0 Å². The normalized spacial score (nSPS) is 18.3. The first-order valence-electron chi connectivity index (χ1n) is 10.6. The Kier molecular flexibility index (Phi) is 5.13. The number of carbonyl (C=O) groups excluding carboxylic acids is 1. The minimum Gasteiger partial charge on any atom is -0.490 e. The molecule has 6 nitrogen and oxygen atoms in total. The fourth-order valence-electron chi connectivity index (χ4n) is 4.33. The molecule has 0 radical (unpaired) electrons. The number of hydrogen-bond acceptors (Lipinski definition) is 4. The molecule has 3 heterocycles. The van der Waals surface area contributed by atoms with E-state index in [9.17, 15) is 4.79 Å². The smallest absolute Gasteiger partial charge is 0.254 e. The van der Waals surface area contributed by atoms with Gasteiger partial charge in [0.1, 0.15) is 0 Å². The molecular weight excluding hydrogens is 378 g/mol. The monoisotopic (exact) mass is 403 g/mol. The Labute approximate surface area is 176 Å². The summed E-state index contributed by atoms with van der Waals surface area (Å²) in [5.41, 5.74) is 2.83. The molecule has 2 aliphatic heterocycles. The van der Waals surface area contributed by atoms with E-state index in [4.69, 9.17) is 9.47 Å². The number of aromatic nitrogens is 2. The van der Waals surface area contributed by atoms with E-state index in [2.05, 4.69) is 11.2 Å². The molecule has 0 saturated carbocycles. The average Bonchev–Trinajstić information content (AvgIpc) is 3.41. The van der Waals surface area contributed by atoms with E-state index in [1.807, 2.05) is 58.2 Å². The van der Waals surface area contributed by atoms with Crippen LogP contribution in [0.1, 0.15) is 46.8 Å². The predicted octanol–water partition coefficient (Wildman–Crippen LogP) is 4.07. The van der Waals surface area contributed by atoms with E-state index in [1.165, 1.54) is 0 Å². The van der Waals surface area contributed by atoms with Gasteiger partial charge in [0.15, 0.2) is 11.5 Å². The van der Waals surface area contributed by atoms with Crippen molar-refractivity contribution in [2.24, 2.45) is 0 Å². The molecule has 5 rings (SSSR count). The van der Waals surface area contributed by atoms with E-state index in [-0.39, 0.29) is 11.9 Å². The Bertz CT molecular complexity index is 1030. The van der Waals surface area contributed by atoms with Crippen LogP contribution in [0.4, 0.5) is 0 Å². The number of fused-ring (bicyclic) bond motifs is 1. The summed E-state index contributed by atoms with van der Waals surface area (Å²) in [6, 6.07) is 15.9. The van der Waals surface area contributed by atoms with Gasteiger partial charge in [-0.15, -0.1) is 0 Å². The van der Waals surface area contributed by atoms with Crippen LogP contribution in [0.3, 0.4) is 0 Å². The van der Waals surface area contributed by atoms with Crippen LogP contribution in [0.2, 0.25) is 0 Å². The molecule has 1 atom stereocenters. The average molecular weight is 403 g/mol. The second-order valence-corrected chi connectivity index (χ2v) is 7.77. The van der Waals surface area contributed by atoms with Gasteiger partial charge in [-0.3, -0.25) is 9.48 Å². The van der Waals surface area contributed by atoms with Gasteiger partial charge in [-0.05, 0) is 48.2 Å². The van der Waals surface area contributed by atoms with Crippen LogP contribution in [-0.2, 0) is 6.54 Å². The van der Waals surface area contributed by atoms with E-state index < -0.39 is 0 Å². The second-order valence-electron chi connectivity index (χ2n) is 7.77. The maximum Gasteiger partial charge on any atom is 0.254 e. The molecule has 6 heteroatoms. The van der Waals surface area contributed by atoms with E-state index in [0.717, 1.165) is 54.0 Å². The van der Waals surface area contributed by atoms with E-state index >= 15 is 0 Å². The molecular formula is C24H25N3O3. The zero-order chi connectivity index (χ0) is 20.3. The lowest BCUT2D eigenvalue weighted by atomic mass is 10.0. The zero-order valence-corrected chi connectivity index (χ0v) is 16.9. The minimum absolute atomic E-state index is 0.0485. The van der Waals surface area contributed by atoms with E-state index in [1.54, 1.807) is 6.20 Å². The molecule has 0 bridgehead atoms. The molecule has 1 amide bonds. The summed E-state index contributed by atoms with van der Waals surface area (Å²) in [6.45, 7) is 2.67. The third-order valence-corrected chi connectivity index (χ3v) is 5.81. The molecule has 0 spiro atoms. The first-order valence-corrected chi connectivity index (χ1v) is 10.6. The Morgan fingerprint density at radius 1 is 1.03 bits per heavy atom. The number of amides is 1. The van der Waals surface area contributed by atoms with Gasteiger partial charge in [-0.1, -0.05) is 24.3 Å². The Balaban J connectivity index is 1.42. The first-order chi connectivity index (χ1) is 14.8. The molecule has 2 aliphatic rings. The molecule has 30 heavy (non-hydrogen) atoms. The maximum atomic E-state index is 13.6. The summed E-state index contributed by atoms with van der Waals surface area (Å²) >= 11 is 0. The highest BCUT2D eigenvalue weighted by Crippen LogP contribution is 2.38. The summed E-state index contributed by atoms with van der Waals surface area (Å²) in [7, 11) is 0. The van der Waals surface area contributed by atoms with Crippen molar-refractivity contribution in [1.82, 2.24) is 14.7 Å². The highest BCUT2D eigenvalue weighted by atomic mass is 16.5. The number of nitrogens with zero attached hydrogens (tertiary/aromatic N) is 3. The number of benzene rings is 2. The third-order valence-electron chi connectivity index (χ3n) is 5.81. The fourth-order valence-corrected chi connectivity index (χ4v) is 4.33. The summed E-state index contributed by atoms with van der Waals surface area (Å²) in [6.07, 6.45) is 6.49. The zero-order valence-electron chi connectivity index (χ0n) is 16.9. The van der Waals surface area contributed by atoms with Gasteiger partial charge in [-0.25, -0.2) is 0 Å². The lowest BCUT2D eigenvalue weighted by Crippen LogP contribution is -2.31. The molecule has 154 valence electrons. The Morgan fingerprint density at radius 2 is 1.90 bits per heavy atom. The number of ether oxygens (including phenoxy) is 2. The van der Waals surface area contributed by atoms with Crippen LogP contribution in [0, 0.1) is 0 Å². The number of rotatable bonds is 4. The van der Waals surface area contributed by atoms with Crippen LogP contribution in [-0.4, -0.2) is 40.3 Å². The number of likely N-dealkylation sites (tertiary alicyclic amines) is 1. The van der Waals surface area contributed by atoms with Gasteiger partial charge in [0.25, 0.3) is 5.91 Å². The molecule has 3 aromatic rings. The van der Waals surface area contributed by atoms with Gasteiger partial charge < -0.3 is 14.4 Å². The molecule has 2 aromatic carbocycles. The van der Waals surface area contributed by atoms with Crippen LogP contribution in [0.15, 0.2) is 60.9 Å². The molecule has 1 saturated heterocycles. The van der Waals surface area contributed by atoms with Crippen molar-refractivity contribution in [3.8, 4) is 11.5 Å². The molecule has 0 aliphatic carbocycles. The highest BCUT2D eigenvalue weighted by Gasteiger charge is 2.32. The van der Waals surface area contributed by atoms with E-state index in [0.29, 0.717) is 19.8 Å². The van der Waals surface area contributed by atoms with Crippen molar-refractivity contribution in [2.75, 3.05) is 19.8 Å². The predicted molar refractivity (Wildman–Crippen MR) is 113 cm³/mol. The van der Waals surface area contributed by atoms with Crippen molar-refractivity contribution in [1.29, 1.82) is 0 Å². The van der Waals surface area contributed by atoms with Crippen molar-refractivity contribution in [3.05, 3.63) is 77.6 Å². The lowest BCUT2D eigenvalue weighted by Gasteiger charge is -2.26. The summed E-state index contributed by atoms with van der Waals surface area (Å²) in [5.74, 6) is 1.65. The highest BCUT2D eigenvalue weighted by molar-refractivity contribution is 5.96. The topological polar surface area (TPSA) is 56.6 Å². The lowest BCUT2D eigenvalue weighted by molar-refractivity contribution is 0.0734. The largest absolute Gasteiger partial charge is 0.490 e. The van der Waals surface area contributed by atoms with Crippen LogP contribution >= 0.6 is 0 Å². The quantitative estimate of drug-likeness (QED) is 0.659. The molecule has 1 fully saturated rings. The molecule has 0 N–H and O–H groups in total.